The molecule has 0 aliphatic heterocycles. The van der Waals surface area contributed by atoms with Crippen LogP contribution in [0.5, 0.6) is 23.0 Å². The van der Waals surface area contributed by atoms with Crippen LogP contribution in [0.1, 0.15) is 36.7 Å². The van der Waals surface area contributed by atoms with E-state index >= 15 is 0 Å². The Hall–Kier alpha value is -5.54. The lowest BCUT2D eigenvalue weighted by Crippen LogP contribution is -2.23. The van der Waals surface area contributed by atoms with Gasteiger partial charge in [-0.3, -0.25) is 4.79 Å². The van der Waals surface area contributed by atoms with Gasteiger partial charge in [-0.1, -0.05) is 45.0 Å². The van der Waals surface area contributed by atoms with Crippen LogP contribution in [0.2, 0.25) is 0 Å². The maximum Gasteiger partial charge on any atom is 0.323 e. The number of fused-ring (bicyclic) bond motifs is 1. The highest BCUT2D eigenvalue weighted by Crippen LogP contribution is 2.43. The summed E-state index contributed by atoms with van der Waals surface area (Å²) in [4.78, 5) is 29.6. The van der Waals surface area contributed by atoms with E-state index in [1.54, 1.807) is 62.0 Å². The summed E-state index contributed by atoms with van der Waals surface area (Å²) in [6.07, 6.45) is 1.60. The van der Waals surface area contributed by atoms with Gasteiger partial charge in [0, 0.05) is 40.4 Å². The highest BCUT2D eigenvalue weighted by atomic mass is 31.2. The van der Waals surface area contributed by atoms with Crippen molar-refractivity contribution in [3.8, 4) is 23.0 Å². The summed E-state index contributed by atoms with van der Waals surface area (Å²) in [6, 6.07) is 22.7. The molecule has 1 aromatic heterocycles. The Morgan fingerprint density at radius 2 is 1.53 bits per heavy atom. The molecule has 11 nitrogen and oxygen atoms in total. The van der Waals surface area contributed by atoms with Gasteiger partial charge < -0.3 is 40.5 Å². The third kappa shape index (κ3) is 8.13. The molecule has 49 heavy (non-hydrogen) atoms. The average Bonchev–Trinajstić information content (AvgIpc) is 3.04. The van der Waals surface area contributed by atoms with Crippen molar-refractivity contribution in [2.45, 2.75) is 26.2 Å². The Balaban J connectivity index is 1.40. The molecule has 12 heteroatoms. The van der Waals surface area contributed by atoms with E-state index in [-0.39, 0.29) is 11.0 Å². The van der Waals surface area contributed by atoms with Crippen LogP contribution in [0.4, 0.5) is 27.7 Å². The van der Waals surface area contributed by atoms with Crippen LogP contribution in [0.15, 0.2) is 85.1 Å². The SMILES string of the molecule is COc1cc(Nc2cc(Oc3ccc(NC(=O)Nc4cc(C(C)(C)C)cc(P(C)(C)=O)c4OC)c4ccccc34)ccn2)cc(C(N)=O)c1. The first kappa shape index (κ1) is 34.8. The fourth-order valence-corrected chi connectivity index (χ4v) is 6.40. The molecule has 0 aliphatic rings. The smallest absolute Gasteiger partial charge is 0.323 e. The number of hydrogen-bond donors (Lipinski definition) is 4. The van der Waals surface area contributed by atoms with E-state index in [1.807, 2.05) is 36.4 Å². The zero-order chi connectivity index (χ0) is 35.5. The molecule has 0 bridgehead atoms. The van der Waals surface area contributed by atoms with E-state index in [9.17, 15) is 14.2 Å². The number of hydrogen-bond acceptors (Lipinski definition) is 8. The molecular weight excluding hydrogens is 641 g/mol. The number of nitrogens with two attached hydrogens (primary N) is 1. The molecule has 1 heterocycles. The number of urea groups is 1. The van der Waals surface area contributed by atoms with Crippen LogP contribution >= 0.6 is 7.14 Å². The molecule has 0 aliphatic carbocycles. The van der Waals surface area contributed by atoms with Crippen molar-refractivity contribution in [2.75, 3.05) is 43.5 Å². The Morgan fingerprint density at radius 3 is 2.18 bits per heavy atom. The normalized spacial score (nSPS) is 11.5. The van der Waals surface area contributed by atoms with Crippen molar-refractivity contribution in [3.05, 3.63) is 96.2 Å². The Labute approximate surface area is 285 Å². The minimum atomic E-state index is -2.74. The number of benzene rings is 4. The summed E-state index contributed by atoms with van der Waals surface area (Å²) >= 11 is 0. The van der Waals surface area contributed by atoms with Crippen molar-refractivity contribution in [1.29, 1.82) is 0 Å². The largest absolute Gasteiger partial charge is 0.497 e. The van der Waals surface area contributed by atoms with Crippen LogP contribution < -0.4 is 41.2 Å². The van der Waals surface area contributed by atoms with Crippen molar-refractivity contribution in [3.63, 3.8) is 0 Å². The maximum atomic E-state index is 13.5. The predicted molar refractivity (Wildman–Crippen MR) is 196 cm³/mol. The van der Waals surface area contributed by atoms with Crippen LogP contribution in [-0.2, 0) is 9.98 Å². The van der Waals surface area contributed by atoms with E-state index in [1.165, 1.54) is 14.2 Å². The van der Waals surface area contributed by atoms with Gasteiger partial charge in [-0.05, 0) is 66.8 Å². The number of nitrogens with zero attached hydrogens (tertiary/aromatic N) is 1. The van der Waals surface area contributed by atoms with Gasteiger partial charge in [0.15, 0.2) is 5.75 Å². The summed E-state index contributed by atoms with van der Waals surface area (Å²) in [5.41, 5.74) is 7.98. The van der Waals surface area contributed by atoms with Gasteiger partial charge in [0.2, 0.25) is 5.91 Å². The minimum absolute atomic E-state index is 0.260. The molecule has 5 N–H and O–H groups in total. The number of amides is 3. The first-order valence-electron chi connectivity index (χ1n) is 15.4. The number of ether oxygens (including phenoxy) is 3. The highest BCUT2D eigenvalue weighted by Gasteiger charge is 2.26. The van der Waals surface area contributed by atoms with Gasteiger partial charge >= 0.3 is 6.03 Å². The number of methoxy groups -OCH3 is 2. The van der Waals surface area contributed by atoms with E-state index in [2.05, 4.69) is 41.7 Å². The molecular formula is C37H40N5O6P. The minimum Gasteiger partial charge on any atom is -0.497 e. The van der Waals surface area contributed by atoms with Gasteiger partial charge in [0.25, 0.3) is 0 Å². The number of pyridine rings is 1. The Kier molecular flexibility index (Phi) is 9.87. The molecule has 5 rings (SSSR count). The fourth-order valence-electron chi connectivity index (χ4n) is 5.25. The molecule has 0 unspecified atom stereocenters. The second-order valence-electron chi connectivity index (χ2n) is 12.8. The van der Waals surface area contributed by atoms with Gasteiger partial charge in [-0.25, -0.2) is 9.78 Å². The van der Waals surface area contributed by atoms with E-state index in [0.29, 0.717) is 51.2 Å². The molecule has 3 amide bonds. The lowest BCUT2D eigenvalue weighted by molar-refractivity contribution is 0.1000. The zero-order valence-corrected chi connectivity index (χ0v) is 29.4. The number of anilines is 4. The summed E-state index contributed by atoms with van der Waals surface area (Å²) in [7, 11) is 0.262. The van der Waals surface area contributed by atoms with Gasteiger partial charge in [-0.15, -0.1) is 0 Å². The summed E-state index contributed by atoms with van der Waals surface area (Å²) in [5, 5.41) is 11.1. The standard InChI is InChI=1S/C37H40N5O6P/c1-37(2,3)23-18-30(34(47-5)32(19-23)49(6,7)45)42-36(44)41-29-12-13-31(28-11-9-8-10-27(28)29)48-25-14-15-39-33(21-25)40-24-16-22(35(38)43)17-26(20-24)46-4/h8-21H,1-7H3,(H2,38,43)(H,39,40)(H2,41,42,44). The summed E-state index contributed by atoms with van der Waals surface area (Å²) < 4.78 is 30.5. The number of carbonyl (C=O) groups is 2. The van der Waals surface area contributed by atoms with Crippen molar-refractivity contribution >= 4 is 58.0 Å². The van der Waals surface area contributed by atoms with E-state index < -0.39 is 19.1 Å². The first-order valence-corrected chi connectivity index (χ1v) is 18.0. The van der Waals surface area contributed by atoms with Crippen molar-refractivity contribution in [1.82, 2.24) is 4.98 Å². The average molecular weight is 682 g/mol. The lowest BCUT2D eigenvalue weighted by Gasteiger charge is -2.25. The van der Waals surface area contributed by atoms with Crippen LogP contribution in [0.25, 0.3) is 10.8 Å². The number of aromatic nitrogens is 1. The molecule has 0 saturated carbocycles. The monoisotopic (exact) mass is 681 g/mol. The van der Waals surface area contributed by atoms with Gasteiger partial charge in [-0.2, -0.15) is 0 Å². The molecule has 0 spiro atoms. The Bertz CT molecular complexity index is 2100. The predicted octanol–water partition coefficient (Wildman–Crippen LogP) is 8.08. The highest BCUT2D eigenvalue weighted by molar-refractivity contribution is 7.70. The quantitative estimate of drug-likeness (QED) is 0.108. The first-order chi connectivity index (χ1) is 23.2. The summed E-state index contributed by atoms with van der Waals surface area (Å²) in [6.45, 7) is 9.53. The van der Waals surface area contributed by atoms with Gasteiger partial charge in [0.1, 0.15) is 30.2 Å². The maximum absolute atomic E-state index is 13.5. The molecule has 0 fully saturated rings. The topological polar surface area (TPSA) is 154 Å². The number of nitrogens with one attached hydrogen (secondary N) is 3. The molecule has 5 aromatic rings. The third-order valence-electron chi connectivity index (χ3n) is 7.76. The molecule has 0 saturated heterocycles. The summed E-state index contributed by atoms with van der Waals surface area (Å²) in [5.74, 6) is 1.79. The zero-order valence-electron chi connectivity index (χ0n) is 28.5. The lowest BCUT2D eigenvalue weighted by atomic mass is 9.86. The molecule has 254 valence electrons. The number of rotatable bonds is 10. The molecule has 0 radical (unpaired) electrons. The third-order valence-corrected chi connectivity index (χ3v) is 9.25. The second-order valence-corrected chi connectivity index (χ2v) is 16.0. The van der Waals surface area contributed by atoms with Crippen molar-refractivity contribution < 1.29 is 28.4 Å². The number of primary amides is 1. The fraction of sp³-hybridized carbons (Fsp3) is 0.216. The Morgan fingerprint density at radius 1 is 0.816 bits per heavy atom. The van der Waals surface area contributed by atoms with E-state index in [0.717, 1.165) is 16.3 Å². The van der Waals surface area contributed by atoms with Gasteiger partial charge in [0.05, 0.1) is 30.9 Å². The molecule has 4 aromatic carbocycles. The van der Waals surface area contributed by atoms with Crippen LogP contribution in [0.3, 0.4) is 0 Å². The second kappa shape index (κ2) is 13.9. The van der Waals surface area contributed by atoms with Crippen molar-refractivity contribution in [2.24, 2.45) is 5.73 Å². The molecule has 0 atom stereocenters. The number of carbonyl (C=O) groups excluding carboxylic acids is 2. The van der Waals surface area contributed by atoms with E-state index in [4.69, 9.17) is 19.9 Å². The van der Waals surface area contributed by atoms with Crippen LogP contribution in [0, 0.1) is 0 Å². The van der Waals surface area contributed by atoms with Crippen LogP contribution in [-0.4, -0.2) is 44.5 Å².